The van der Waals surface area contributed by atoms with Crippen molar-refractivity contribution in [2.45, 2.75) is 32.9 Å². The molecule has 1 aromatic rings. The Morgan fingerprint density at radius 1 is 1.30 bits per heavy atom. The monoisotopic (exact) mass is 276 g/mol. The van der Waals surface area contributed by atoms with Crippen LogP contribution in [0.1, 0.15) is 35.3 Å². The zero-order valence-electron chi connectivity index (χ0n) is 11.8. The van der Waals surface area contributed by atoms with E-state index in [0.717, 1.165) is 17.5 Å². The Balaban J connectivity index is 2.19. The van der Waals surface area contributed by atoms with Gasteiger partial charge in [-0.3, -0.25) is 4.79 Å². The predicted molar refractivity (Wildman–Crippen MR) is 75.3 cm³/mol. The van der Waals surface area contributed by atoms with Crippen LogP contribution in [0.15, 0.2) is 18.2 Å². The molecular weight excluding hydrogens is 256 g/mol. The molecule has 108 valence electrons. The Morgan fingerprint density at radius 2 is 2.00 bits per heavy atom. The zero-order valence-corrected chi connectivity index (χ0v) is 11.8. The molecular formula is C15H20N2O3. The molecule has 0 saturated heterocycles. The van der Waals surface area contributed by atoms with E-state index in [1.165, 1.54) is 0 Å². The fourth-order valence-electron chi connectivity index (χ4n) is 2.37. The van der Waals surface area contributed by atoms with E-state index in [2.05, 4.69) is 0 Å². The van der Waals surface area contributed by atoms with Gasteiger partial charge in [-0.25, -0.2) is 4.79 Å². The number of hydrogen-bond acceptors (Lipinski definition) is 3. The van der Waals surface area contributed by atoms with Gasteiger partial charge in [0.2, 0.25) is 5.91 Å². The number of hydrogen-bond donors (Lipinski definition) is 2. The highest BCUT2D eigenvalue weighted by molar-refractivity contribution is 5.88. The summed E-state index contributed by atoms with van der Waals surface area (Å²) in [6, 6.07) is 4.60. The van der Waals surface area contributed by atoms with Gasteiger partial charge in [-0.1, -0.05) is 19.9 Å². The minimum Gasteiger partial charge on any atom is -0.478 e. The molecule has 1 amide bonds. The summed E-state index contributed by atoms with van der Waals surface area (Å²) in [6.45, 7) is 4.92. The summed E-state index contributed by atoms with van der Waals surface area (Å²) < 4.78 is 0. The lowest BCUT2D eigenvalue weighted by molar-refractivity contribution is -0.134. The molecule has 1 atom stereocenters. The van der Waals surface area contributed by atoms with Crippen LogP contribution in [-0.2, 0) is 17.8 Å². The fourth-order valence-corrected chi connectivity index (χ4v) is 2.37. The summed E-state index contributed by atoms with van der Waals surface area (Å²) >= 11 is 0. The number of amides is 1. The lowest BCUT2D eigenvalue weighted by atomic mass is 9.96. The molecule has 0 saturated carbocycles. The number of carboxylic acid groups (broad SMARTS) is 1. The van der Waals surface area contributed by atoms with Crippen LogP contribution in [-0.4, -0.2) is 34.5 Å². The van der Waals surface area contributed by atoms with E-state index in [9.17, 15) is 9.59 Å². The fraction of sp³-hybridized carbons (Fsp3) is 0.467. The van der Waals surface area contributed by atoms with E-state index < -0.39 is 12.0 Å². The average molecular weight is 276 g/mol. The van der Waals surface area contributed by atoms with E-state index in [1.54, 1.807) is 17.0 Å². The van der Waals surface area contributed by atoms with Crippen molar-refractivity contribution in [3.05, 3.63) is 34.9 Å². The van der Waals surface area contributed by atoms with Crippen LogP contribution in [0.25, 0.3) is 0 Å². The third-order valence-electron chi connectivity index (χ3n) is 3.78. The highest BCUT2D eigenvalue weighted by atomic mass is 16.4. The predicted octanol–water partition coefficient (Wildman–Crippen LogP) is 1.25. The summed E-state index contributed by atoms with van der Waals surface area (Å²) in [5.41, 5.74) is 8.17. The van der Waals surface area contributed by atoms with Crippen molar-refractivity contribution in [1.29, 1.82) is 0 Å². The average Bonchev–Trinajstić information content (AvgIpc) is 2.44. The Kier molecular flexibility index (Phi) is 4.09. The van der Waals surface area contributed by atoms with Gasteiger partial charge < -0.3 is 15.7 Å². The molecule has 1 aliphatic heterocycles. The van der Waals surface area contributed by atoms with Crippen LogP contribution in [0.5, 0.6) is 0 Å². The molecule has 5 nitrogen and oxygen atoms in total. The molecule has 0 radical (unpaired) electrons. The van der Waals surface area contributed by atoms with Crippen LogP contribution >= 0.6 is 0 Å². The van der Waals surface area contributed by atoms with Gasteiger partial charge >= 0.3 is 5.97 Å². The lowest BCUT2D eigenvalue weighted by Crippen LogP contribution is -2.48. The summed E-state index contributed by atoms with van der Waals surface area (Å²) in [7, 11) is 0. The number of carboxylic acids is 1. The standard InChI is InChI=1S/C15H20N2O3/c1-9(2)13(16)14(18)17-6-5-10-3-4-11(15(19)20)7-12(10)8-17/h3-4,7,9,13H,5-6,8,16H2,1-2H3,(H,19,20). The van der Waals surface area contributed by atoms with Crippen molar-refractivity contribution in [3.63, 3.8) is 0 Å². The molecule has 3 N–H and O–H groups in total. The van der Waals surface area contributed by atoms with Crippen LogP contribution in [0, 0.1) is 5.92 Å². The first-order valence-electron chi connectivity index (χ1n) is 6.79. The third kappa shape index (κ3) is 2.82. The van der Waals surface area contributed by atoms with Crippen molar-refractivity contribution in [3.8, 4) is 0 Å². The highest BCUT2D eigenvalue weighted by Crippen LogP contribution is 2.21. The normalized spacial score (nSPS) is 15.9. The van der Waals surface area contributed by atoms with Crippen LogP contribution in [0.4, 0.5) is 0 Å². The smallest absolute Gasteiger partial charge is 0.335 e. The summed E-state index contributed by atoms with van der Waals surface area (Å²) in [4.78, 5) is 25.0. The van der Waals surface area contributed by atoms with Gasteiger partial charge in [-0.2, -0.15) is 0 Å². The molecule has 1 unspecified atom stereocenters. The molecule has 1 aromatic carbocycles. The van der Waals surface area contributed by atoms with E-state index in [4.69, 9.17) is 10.8 Å². The van der Waals surface area contributed by atoms with Gasteiger partial charge in [0.25, 0.3) is 0 Å². The molecule has 5 heteroatoms. The zero-order chi connectivity index (χ0) is 14.9. The summed E-state index contributed by atoms with van der Waals surface area (Å²) in [6.07, 6.45) is 0.742. The maximum absolute atomic E-state index is 12.3. The van der Waals surface area contributed by atoms with E-state index >= 15 is 0 Å². The molecule has 20 heavy (non-hydrogen) atoms. The first-order chi connectivity index (χ1) is 9.40. The maximum Gasteiger partial charge on any atom is 0.335 e. The molecule has 2 rings (SSSR count). The number of rotatable bonds is 3. The van der Waals surface area contributed by atoms with Crippen molar-refractivity contribution in [2.24, 2.45) is 11.7 Å². The van der Waals surface area contributed by atoms with Crippen molar-refractivity contribution < 1.29 is 14.7 Å². The molecule has 1 heterocycles. The number of aromatic carboxylic acids is 1. The SMILES string of the molecule is CC(C)C(N)C(=O)N1CCc2ccc(C(=O)O)cc2C1. The quantitative estimate of drug-likeness (QED) is 0.870. The lowest BCUT2D eigenvalue weighted by Gasteiger charge is -2.32. The second-order valence-corrected chi connectivity index (χ2v) is 5.57. The van der Waals surface area contributed by atoms with E-state index in [1.807, 2.05) is 19.9 Å². The largest absolute Gasteiger partial charge is 0.478 e. The van der Waals surface area contributed by atoms with Gasteiger partial charge in [0, 0.05) is 13.1 Å². The van der Waals surface area contributed by atoms with Crippen molar-refractivity contribution in [2.75, 3.05) is 6.54 Å². The first kappa shape index (κ1) is 14.5. The van der Waals surface area contributed by atoms with E-state index in [0.29, 0.717) is 13.1 Å². The number of carbonyl (C=O) groups excluding carboxylic acids is 1. The van der Waals surface area contributed by atoms with Crippen molar-refractivity contribution >= 4 is 11.9 Å². The minimum atomic E-state index is -0.949. The Morgan fingerprint density at radius 3 is 2.60 bits per heavy atom. The number of fused-ring (bicyclic) bond motifs is 1. The number of benzene rings is 1. The third-order valence-corrected chi connectivity index (χ3v) is 3.78. The van der Waals surface area contributed by atoms with Gasteiger partial charge in [0.05, 0.1) is 11.6 Å². The number of nitrogens with two attached hydrogens (primary N) is 1. The van der Waals surface area contributed by atoms with Crippen molar-refractivity contribution in [1.82, 2.24) is 4.90 Å². The molecule has 0 bridgehead atoms. The minimum absolute atomic E-state index is 0.0635. The van der Waals surface area contributed by atoms with Gasteiger partial charge in [0.1, 0.15) is 0 Å². The van der Waals surface area contributed by atoms with Gasteiger partial charge in [-0.15, -0.1) is 0 Å². The number of nitrogens with zero attached hydrogens (tertiary/aromatic N) is 1. The molecule has 0 aliphatic carbocycles. The van der Waals surface area contributed by atoms with Crippen LogP contribution in [0.2, 0.25) is 0 Å². The van der Waals surface area contributed by atoms with E-state index in [-0.39, 0.29) is 17.4 Å². The molecule has 0 spiro atoms. The Bertz CT molecular complexity index is 540. The van der Waals surface area contributed by atoms with Gasteiger partial charge in [-0.05, 0) is 35.6 Å². The molecule has 0 fully saturated rings. The van der Waals surface area contributed by atoms with Crippen LogP contribution < -0.4 is 5.73 Å². The maximum atomic E-state index is 12.3. The molecule has 1 aliphatic rings. The van der Waals surface area contributed by atoms with Crippen LogP contribution in [0.3, 0.4) is 0 Å². The molecule has 0 aromatic heterocycles. The summed E-state index contributed by atoms with van der Waals surface area (Å²) in [5, 5.41) is 9.02. The number of carbonyl (C=O) groups is 2. The Labute approximate surface area is 118 Å². The Hall–Kier alpha value is -1.88. The highest BCUT2D eigenvalue weighted by Gasteiger charge is 2.27. The second-order valence-electron chi connectivity index (χ2n) is 5.57. The second kappa shape index (κ2) is 5.63. The summed E-state index contributed by atoms with van der Waals surface area (Å²) in [5.74, 6) is -0.921. The first-order valence-corrected chi connectivity index (χ1v) is 6.79. The topological polar surface area (TPSA) is 83.6 Å². The van der Waals surface area contributed by atoms with Gasteiger partial charge in [0.15, 0.2) is 0 Å².